The van der Waals surface area contributed by atoms with Crippen LogP contribution >= 0.6 is 11.6 Å². The second-order valence-electron chi connectivity index (χ2n) is 5.64. The molecule has 0 radical (unpaired) electrons. The highest BCUT2D eigenvalue weighted by atomic mass is 35.5. The fourth-order valence-corrected chi connectivity index (χ4v) is 3.23. The summed E-state index contributed by atoms with van der Waals surface area (Å²) >= 11 is 5.78. The van der Waals surface area contributed by atoms with E-state index in [4.69, 9.17) is 11.6 Å². The Kier molecular flexibility index (Phi) is 7.28. The summed E-state index contributed by atoms with van der Waals surface area (Å²) in [6.07, 6.45) is 2.61. The van der Waals surface area contributed by atoms with Crippen molar-refractivity contribution >= 4 is 39.1 Å². The van der Waals surface area contributed by atoms with Gasteiger partial charge in [-0.3, -0.25) is 14.6 Å². The van der Waals surface area contributed by atoms with Gasteiger partial charge in [-0.25, -0.2) is 13.1 Å². The van der Waals surface area contributed by atoms with Crippen LogP contribution in [0.1, 0.15) is 6.42 Å². The van der Waals surface area contributed by atoms with E-state index in [-0.39, 0.29) is 36.2 Å². The molecule has 0 aliphatic rings. The number of halogens is 1. The molecule has 144 valence electrons. The van der Waals surface area contributed by atoms with Crippen molar-refractivity contribution in [2.75, 3.05) is 25.5 Å². The molecular formula is C17H19ClN4O4S. The minimum Gasteiger partial charge on any atom is -0.336 e. The van der Waals surface area contributed by atoms with Gasteiger partial charge in [0.15, 0.2) is 0 Å². The summed E-state index contributed by atoms with van der Waals surface area (Å²) in [7, 11) is -2.25. The van der Waals surface area contributed by atoms with Crippen LogP contribution in [0.5, 0.6) is 0 Å². The number of pyridine rings is 1. The third-order valence-corrected chi connectivity index (χ3v) is 5.21. The fourth-order valence-electron chi connectivity index (χ4n) is 2.11. The molecule has 2 N–H and O–H groups in total. The van der Waals surface area contributed by atoms with E-state index in [2.05, 4.69) is 15.0 Å². The van der Waals surface area contributed by atoms with Crippen LogP contribution < -0.4 is 10.0 Å². The van der Waals surface area contributed by atoms with Crippen LogP contribution in [0.15, 0.2) is 53.7 Å². The molecule has 10 heteroatoms. The Bertz CT molecular complexity index is 889. The van der Waals surface area contributed by atoms with Gasteiger partial charge in [-0.05, 0) is 36.4 Å². The number of carbonyl (C=O) groups excluding carboxylic acids is 2. The van der Waals surface area contributed by atoms with Gasteiger partial charge in [-0.1, -0.05) is 11.6 Å². The maximum atomic E-state index is 12.1. The Morgan fingerprint density at radius 1 is 1.19 bits per heavy atom. The summed E-state index contributed by atoms with van der Waals surface area (Å²) in [5.41, 5.74) is 0.564. The van der Waals surface area contributed by atoms with E-state index in [0.29, 0.717) is 10.7 Å². The number of carbonyl (C=O) groups is 2. The number of nitrogens with zero attached hydrogens (tertiary/aromatic N) is 2. The van der Waals surface area contributed by atoms with Crippen molar-refractivity contribution in [3.05, 3.63) is 53.8 Å². The average molecular weight is 411 g/mol. The van der Waals surface area contributed by atoms with E-state index < -0.39 is 10.0 Å². The molecule has 0 atom stereocenters. The summed E-state index contributed by atoms with van der Waals surface area (Å²) < 4.78 is 26.4. The van der Waals surface area contributed by atoms with E-state index in [1.165, 1.54) is 36.5 Å². The van der Waals surface area contributed by atoms with E-state index in [0.717, 1.165) is 0 Å². The quantitative estimate of drug-likeness (QED) is 0.685. The van der Waals surface area contributed by atoms with Gasteiger partial charge in [-0.2, -0.15) is 0 Å². The van der Waals surface area contributed by atoms with Crippen molar-refractivity contribution in [2.45, 2.75) is 11.3 Å². The highest BCUT2D eigenvalue weighted by Crippen LogP contribution is 2.13. The molecule has 0 aliphatic carbocycles. The molecule has 0 bridgehead atoms. The number of hydrogen-bond acceptors (Lipinski definition) is 5. The first-order chi connectivity index (χ1) is 12.8. The van der Waals surface area contributed by atoms with Crippen molar-refractivity contribution < 1.29 is 18.0 Å². The van der Waals surface area contributed by atoms with Gasteiger partial charge in [0.05, 0.1) is 6.54 Å². The smallest absolute Gasteiger partial charge is 0.243 e. The number of anilines is 1. The fraction of sp³-hybridized carbons (Fsp3) is 0.235. The van der Waals surface area contributed by atoms with Gasteiger partial charge in [0, 0.05) is 43.1 Å². The molecule has 1 aromatic heterocycles. The topological polar surface area (TPSA) is 108 Å². The van der Waals surface area contributed by atoms with Gasteiger partial charge in [0.2, 0.25) is 21.8 Å². The second-order valence-corrected chi connectivity index (χ2v) is 7.84. The molecule has 1 heterocycles. The van der Waals surface area contributed by atoms with Gasteiger partial charge in [-0.15, -0.1) is 0 Å². The molecule has 27 heavy (non-hydrogen) atoms. The molecular weight excluding hydrogens is 392 g/mol. The lowest BCUT2D eigenvalue weighted by Crippen LogP contribution is -2.37. The monoisotopic (exact) mass is 410 g/mol. The lowest BCUT2D eigenvalue weighted by molar-refractivity contribution is -0.133. The lowest BCUT2D eigenvalue weighted by atomic mass is 10.3. The van der Waals surface area contributed by atoms with Crippen molar-refractivity contribution in [3.63, 3.8) is 0 Å². The number of hydrogen-bond donors (Lipinski definition) is 2. The Morgan fingerprint density at radius 3 is 2.52 bits per heavy atom. The molecule has 2 rings (SSSR count). The Hall–Kier alpha value is -2.49. The highest BCUT2D eigenvalue weighted by molar-refractivity contribution is 7.89. The molecule has 1 aromatic carbocycles. The molecule has 0 saturated heterocycles. The molecule has 8 nitrogen and oxygen atoms in total. The highest BCUT2D eigenvalue weighted by Gasteiger charge is 2.16. The molecule has 0 spiro atoms. The normalized spacial score (nSPS) is 11.0. The van der Waals surface area contributed by atoms with Gasteiger partial charge >= 0.3 is 0 Å². The van der Waals surface area contributed by atoms with Crippen molar-refractivity contribution in [2.24, 2.45) is 0 Å². The SMILES string of the molecule is CN(CC(=O)Nc1ccc(Cl)cc1)C(=O)CCNS(=O)(=O)c1cccnc1. The molecule has 2 amide bonds. The molecule has 0 unspecified atom stereocenters. The largest absolute Gasteiger partial charge is 0.336 e. The zero-order chi connectivity index (χ0) is 19.9. The maximum absolute atomic E-state index is 12.1. The summed E-state index contributed by atoms with van der Waals surface area (Å²) in [6.45, 7) is -0.240. The van der Waals surface area contributed by atoms with Gasteiger partial charge in [0.25, 0.3) is 0 Å². The number of aromatic nitrogens is 1. The minimum absolute atomic E-state index is 0.0214. The zero-order valence-electron chi connectivity index (χ0n) is 14.6. The van der Waals surface area contributed by atoms with Crippen LogP contribution in [-0.4, -0.2) is 50.3 Å². The van der Waals surface area contributed by atoms with E-state index >= 15 is 0 Å². The third kappa shape index (κ3) is 6.63. The van der Waals surface area contributed by atoms with Crippen LogP contribution in [-0.2, 0) is 19.6 Å². The predicted molar refractivity (Wildman–Crippen MR) is 102 cm³/mol. The summed E-state index contributed by atoms with van der Waals surface area (Å²) in [4.78, 5) is 29.0. The Morgan fingerprint density at radius 2 is 1.89 bits per heavy atom. The lowest BCUT2D eigenvalue weighted by Gasteiger charge is -2.17. The second kappa shape index (κ2) is 9.45. The molecule has 0 aliphatic heterocycles. The Balaban J connectivity index is 1.78. The average Bonchev–Trinajstić information content (AvgIpc) is 2.64. The van der Waals surface area contributed by atoms with Crippen LogP contribution in [0.25, 0.3) is 0 Å². The van der Waals surface area contributed by atoms with Crippen LogP contribution in [0.4, 0.5) is 5.69 Å². The van der Waals surface area contributed by atoms with Crippen LogP contribution in [0.3, 0.4) is 0 Å². The van der Waals surface area contributed by atoms with Crippen LogP contribution in [0, 0.1) is 0 Å². The Labute approximate surface area is 162 Å². The maximum Gasteiger partial charge on any atom is 0.243 e. The number of benzene rings is 1. The number of nitrogens with one attached hydrogen (secondary N) is 2. The predicted octanol–water partition coefficient (Wildman–Crippen LogP) is 1.50. The number of amides is 2. The summed E-state index contributed by atoms with van der Waals surface area (Å²) in [5, 5.41) is 3.20. The molecule has 0 saturated carbocycles. The first kappa shape index (κ1) is 20.8. The van der Waals surface area contributed by atoms with Crippen molar-refractivity contribution in [3.8, 4) is 0 Å². The molecule has 2 aromatic rings. The first-order valence-electron chi connectivity index (χ1n) is 7.97. The number of sulfonamides is 1. The van der Waals surface area contributed by atoms with Crippen molar-refractivity contribution in [1.82, 2.24) is 14.6 Å². The zero-order valence-corrected chi connectivity index (χ0v) is 16.1. The summed E-state index contributed by atoms with van der Waals surface area (Å²) in [6, 6.07) is 9.49. The third-order valence-electron chi connectivity index (χ3n) is 3.51. The number of rotatable bonds is 8. The van der Waals surface area contributed by atoms with E-state index in [9.17, 15) is 18.0 Å². The first-order valence-corrected chi connectivity index (χ1v) is 9.83. The van der Waals surface area contributed by atoms with Gasteiger partial charge < -0.3 is 10.2 Å². The standard InChI is InChI=1S/C17H19ClN4O4S/c1-22(12-16(23)21-14-6-4-13(18)5-7-14)17(24)8-10-20-27(25,26)15-3-2-9-19-11-15/h2-7,9,11,20H,8,10,12H2,1H3,(H,21,23). The van der Waals surface area contributed by atoms with Crippen molar-refractivity contribution in [1.29, 1.82) is 0 Å². The number of likely N-dealkylation sites (N-methyl/N-ethyl adjacent to an activating group) is 1. The summed E-state index contributed by atoms with van der Waals surface area (Å²) in [5.74, 6) is -0.737. The molecule has 0 fully saturated rings. The van der Waals surface area contributed by atoms with E-state index in [1.54, 1.807) is 24.3 Å². The van der Waals surface area contributed by atoms with E-state index in [1.807, 2.05) is 0 Å². The van der Waals surface area contributed by atoms with Crippen LogP contribution in [0.2, 0.25) is 5.02 Å². The van der Waals surface area contributed by atoms with Gasteiger partial charge in [0.1, 0.15) is 4.90 Å². The minimum atomic E-state index is -3.72.